The van der Waals surface area contributed by atoms with Crippen molar-refractivity contribution in [3.8, 4) is 5.75 Å². The molecule has 3 fully saturated rings. The lowest BCUT2D eigenvalue weighted by molar-refractivity contribution is -0.138. The van der Waals surface area contributed by atoms with Crippen molar-refractivity contribution in [1.82, 2.24) is 10.2 Å². The molecule has 6 nitrogen and oxygen atoms in total. The third kappa shape index (κ3) is 3.04. The summed E-state index contributed by atoms with van der Waals surface area (Å²) >= 11 is 0. The predicted octanol–water partition coefficient (Wildman–Crippen LogP) is 2.39. The summed E-state index contributed by atoms with van der Waals surface area (Å²) in [6.07, 6.45) is 8.98. The van der Waals surface area contributed by atoms with Crippen LogP contribution in [0.3, 0.4) is 0 Å². The van der Waals surface area contributed by atoms with Crippen molar-refractivity contribution in [3.05, 3.63) is 41.5 Å². The summed E-state index contributed by atoms with van der Waals surface area (Å²) in [6, 6.07) is 6.38. The van der Waals surface area contributed by atoms with Crippen LogP contribution < -0.4 is 10.1 Å². The highest BCUT2D eigenvalue weighted by Gasteiger charge is 2.67. The van der Waals surface area contributed by atoms with Gasteiger partial charge in [-0.05, 0) is 43.4 Å². The van der Waals surface area contributed by atoms with E-state index in [4.69, 9.17) is 9.47 Å². The number of hydrogen-bond donors (Lipinski definition) is 1. The molecule has 2 saturated heterocycles. The van der Waals surface area contributed by atoms with Gasteiger partial charge in [0.1, 0.15) is 11.4 Å². The van der Waals surface area contributed by atoms with Crippen molar-refractivity contribution in [3.63, 3.8) is 0 Å². The van der Waals surface area contributed by atoms with Crippen LogP contribution >= 0.6 is 0 Å². The molecule has 0 radical (unpaired) electrons. The molecule has 2 bridgehead atoms. The highest BCUT2D eigenvalue weighted by Crippen LogP contribution is 2.52. The molecule has 4 atom stereocenters. The molecule has 1 spiro atoms. The molecule has 1 aliphatic carbocycles. The van der Waals surface area contributed by atoms with Gasteiger partial charge in [0.15, 0.2) is 0 Å². The van der Waals surface area contributed by atoms with Crippen LogP contribution in [0.2, 0.25) is 0 Å². The molecule has 160 valence electrons. The van der Waals surface area contributed by atoms with Gasteiger partial charge in [-0.3, -0.25) is 9.59 Å². The molecule has 2 amide bonds. The van der Waals surface area contributed by atoms with E-state index >= 15 is 0 Å². The van der Waals surface area contributed by atoms with Crippen LogP contribution in [-0.2, 0) is 20.7 Å². The van der Waals surface area contributed by atoms with Gasteiger partial charge < -0.3 is 19.7 Å². The Morgan fingerprint density at radius 2 is 2.13 bits per heavy atom. The summed E-state index contributed by atoms with van der Waals surface area (Å²) in [5.41, 5.74) is 1.64. The zero-order chi connectivity index (χ0) is 20.9. The number of amides is 2. The van der Waals surface area contributed by atoms with Gasteiger partial charge in [-0.2, -0.15) is 0 Å². The van der Waals surface area contributed by atoms with Crippen LogP contribution in [0.4, 0.5) is 0 Å². The molecule has 1 saturated carbocycles. The van der Waals surface area contributed by atoms with Crippen LogP contribution in [0.15, 0.2) is 30.4 Å². The highest BCUT2D eigenvalue weighted by molar-refractivity contribution is 5.93. The molecule has 3 heterocycles. The third-order valence-corrected chi connectivity index (χ3v) is 7.37. The second-order valence-electron chi connectivity index (χ2n) is 9.15. The van der Waals surface area contributed by atoms with Crippen LogP contribution in [-0.4, -0.2) is 54.7 Å². The number of nitrogens with zero attached hydrogens (tertiary/aromatic N) is 1. The van der Waals surface area contributed by atoms with Crippen LogP contribution in [0.1, 0.15) is 36.8 Å². The van der Waals surface area contributed by atoms with E-state index in [1.165, 1.54) is 12.8 Å². The minimum absolute atomic E-state index is 0.0666. The summed E-state index contributed by atoms with van der Waals surface area (Å²) in [5.74, 6) is 0.108. The largest absolute Gasteiger partial charge is 0.496 e. The van der Waals surface area contributed by atoms with Gasteiger partial charge in [-0.1, -0.05) is 37.1 Å². The fourth-order valence-electron chi connectivity index (χ4n) is 5.90. The zero-order valence-corrected chi connectivity index (χ0v) is 17.7. The molecular formula is C24H30N2O4. The van der Waals surface area contributed by atoms with E-state index in [1.807, 2.05) is 36.1 Å². The number of nitrogens with one attached hydrogen (secondary N) is 1. The molecule has 1 aromatic rings. The summed E-state index contributed by atoms with van der Waals surface area (Å²) in [5, 5.41) is 3.07. The third-order valence-electron chi connectivity index (χ3n) is 7.37. The van der Waals surface area contributed by atoms with Crippen LogP contribution in [0.25, 0.3) is 0 Å². The second-order valence-corrected chi connectivity index (χ2v) is 9.15. The number of fused-ring (bicyclic) bond motifs is 1. The molecule has 5 rings (SSSR count). The van der Waals surface area contributed by atoms with Crippen molar-refractivity contribution >= 4 is 11.8 Å². The number of carbonyl (C=O) groups is 2. The van der Waals surface area contributed by atoms with Gasteiger partial charge in [-0.25, -0.2) is 0 Å². The van der Waals surface area contributed by atoms with E-state index in [2.05, 4.69) is 11.4 Å². The maximum atomic E-state index is 13.3. The van der Waals surface area contributed by atoms with Gasteiger partial charge in [0.05, 0.1) is 31.6 Å². The lowest BCUT2D eigenvalue weighted by Crippen LogP contribution is -2.45. The minimum Gasteiger partial charge on any atom is -0.496 e. The second kappa shape index (κ2) is 7.41. The van der Waals surface area contributed by atoms with Crippen LogP contribution in [0.5, 0.6) is 5.75 Å². The van der Waals surface area contributed by atoms with Gasteiger partial charge >= 0.3 is 0 Å². The molecule has 1 aromatic carbocycles. The summed E-state index contributed by atoms with van der Waals surface area (Å²) in [4.78, 5) is 28.4. The first-order valence-corrected chi connectivity index (χ1v) is 11.1. The van der Waals surface area contributed by atoms with Gasteiger partial charge in [0.2, 0.25) is 11.8 Å². The number of aryl methyl sites for hydroxylation is 1. The number of methoxy groups -OCH3 is 1. The Labute approximate surface area is 177 Å². The summed E-state index contributed by atoms with van der Waals surface area (Å²) in [6.45, 7) is 3.15. The SMILES string of the molecule is COc1ccc(CCNC(=O)C2C3C=CC4(CN(C5CCCC5)C(=O)C24)O3)cc1C. The first-order valence-electron chi connectivity index (χ1n) is 11.1. The van der Waals surface area contributed by atoms with Crippen molar-refractivity contribution in [2.45, 2.75) is 56.8 Å². The maximum absolute atomic E-state index is 13.3. The van der Waals surface area contributed by atoms with Gasteiger partial charge in [-0.15, -0.1) is 0 Å². The Kier molecular flexibility index (Phi) is 4.85. The standard InChI is InChI=1S/C24H30N2O4/c1-15-13-16(7-8-18(15)29-2)10-12-25-22(27)20-19-9-11-24(30-19)14-26(23(28)21(20)24)17-5-3-4-6-17/h7-9,11,13,17,19-21H,3-6,10,12,14H2,1-2H3,(H,25,27). The van der Waals surface area contributed by atoms with E-state index < -0.39 is 11.5 Å². The predicted molar refractivity (Wildman–Crippen MR) is 112 cm³/mol. The number of hydrogen-bond acceptors (Lipinski definition) is 4. The van der Waals surface area contributed by atoms with E-state index in [1.54, 1.807) is 7.11 Å². The lowest BCUT2D eigenvalue weighted by atomic mass is 9.77. The minimum atomic E-state index is -0.598. The normalized spacial score (nSPS) is 32.1. The van der Waals surface area contributed by atoms with E-state index in [-0.39, 0.29) is 23.8 Å². The number of rotatable bonds is 6. The maximum Gasteiger partial charge on any atom is 0.230 e. The Morgan fingerprint density at radius 3 is 2.87 bits per heavy atom. The summed E-state index contributed by atoms with van der Waals surface area (Å²) in [7, 11) is 1.67. The van der Waals surface area contributed by atoms with E-state index in [0.717, 1.165) is 36.1 Å². The van der Waals surface area contributed by atoms with Crippen LogP contribution in [0, 0.1) is 18.8 Å². The fourth-order valence-corrected chi connectivity index (χ4v) is 5.90. The molecule has 1 N–H and O–H groups in total. The Hall–Kier alpha value is -2.34. The fraction of sp³-hybridized carbons (Fsp3) is 0.583. The highest BCUT2D eigenvalue weighted by atomic mass is 16.5. The topological polar surface area (TPSA) is 67.9 Å². The molecule has 4 unspecified atom stereocenters. The Bertz CT molecular complexity index is 891. The van der Waals surface area contributed by atoms with Crippen molar-refractivity contribution in [1.29, 1.82) is 0 Å². The van der Waals surface area contributed by atoms with Gasteiger partial charge in [0, 0.05) is 12.6 Å². The number of likely N-dealkylation sites (tertiary alicyclic amines) is 1. The molecule has 4 aliphatic rings. The molecule has 30 heavy (non-hydrogen) atoms. The molecule has 0 aromatic heterocycles. The Morgan fingerprint density at radius 1 is 1.33 bits per heavy atom. The molecular weight excluding hydrogens is 380 g/mol. The number of benzene rings is 1. The molecule has 3 aliphatic heterocycles. The average Bonchev–Trinajstić information content (AvgIpc) is 3.50. The van der Waals surface area contributed by atoms with Gasteiger partial charge in [0.25, 0.3) is 0 Å². The first-order chi connectivity index (χ1) is 14.5. The monoisotopic (exact) mass is 410 g/mol. The number of carbonyl (C=O) groups excluding carboxylic acids is 2. The average molecular weight is 411 g/mol. The van der Waals surface area contributed by atoms with E-state index in [0.29, 0.717) is 19.1 Å². The summed E-state index contributed by atoms with van der Waals surface area (Å²) < 4.78 is 11.5. The first kappa shape index (κ1) is 19.6. The van der Waals surface area contributed by atoms with Crippen molar-refractivity contribution in [2.75, 3.05) is 20.2 Å². The molecule has 6 heteroatoms. The number of ether oxygens (including phenoxy) is 2. The van der Waals surface area contributed by atoms with Crippen molar-refractivity contribution < 1.29 is 19.1 Å². The zero-order valence-electron chi connectivity index (χ0n) is 17.7. The van der Waals surface area contributed by atoms with Crippen molar-refractivity contribution in [2.24, 2.45) is 11.8 Å². The smallest absolute Gasteiger partial charge is 0.230 e. The van der Waals surface area contributed by atoms with E-state index in [9.17, 15) is 9.59 Å². The Balaban J connectivity index is 1.24. The quantitative estimate of drug-likeness (QED) is 0.732. The lowest BCUT2D eigenvalue weighted by Gasteiger charge is -2.27.